The number of aryl methyl sites for hydroxylation is 1. The number of rotatable bonds is 5. The zero-order valence-corrected chi connectivity index (χ0v) is 16.7. The summed E-state index contributed by atoms with van der Waals surface area (Å²) in [6.45, 7) is 4.52. The number of hydrogen-bond donors (Lipinski definition) is 0. The number of aromatic nitrogens is 4. The van der Waals surface area contributed by atoms with Crippen LogP contribution >= 0.6 is 11.8 Å². The number of non-ortho nitro benzene ring substituents is 1. The second-order valence-electron chi connectivity index (χ2n) is 6.75. The van der Waals surface area contributed by atoms with E-state index in [9.17, 15) is 14.9 Å². The minimum atomic E-state index is -0.464. The average Bonchev–Trinajstić information content (AvgIpc) is 3.31. The second kappa shape index (κ2) is 7.63. The number of hydrogen-bond acceptors (Lipinski definition) is 7. The minimum Gasteiger partial charge on any atom is -0.311 e. The highest BCUT2D eigenvalue weighted by Gasteiger charge is 2.35. The lowest BCUT2D eigenvalue weighted by molar-refractivity contribution is -0.384. The van der Waals surface area contributed by atoms with E-state index < -0.39 is 4.92 Å². The van der Waals surface area contributed by atoms with Gasteiger partial charge in [-0.05, 0) is 54.0 Å². The number of thioether (sulfide) groups is 1. The Kier molecular flexibility index (Phi) is 5.01. The fourth-order valence-corrected chi connectivity index (χ4v) is 4.31. The number of anilines is 1. The van der Waals surface area contributed by atoms with Gasteiger partial charge in [0.05, 0.1) is 21.5 Å². The molecule has 0 spiro atoms. The minimum absolute atomic E-state index is 0.0368. The molecule has 0 bridgehead atoms. The lowest BCUT2D eigenvalue weighted by Crippen LogP contribution is -2.28. The number of nitro groups is 1. The van der Waals surface area contributed by atoms with E-state index in [0.717, 1.165) is 16.8 Å². The predicted molar refractivity (Wildman–Crippen MR) is 108 cm³/mol. The number of benzene rings is 2. The molecule has 9 nitrogen and oxygen atoms in total. The van der Waals surface area contributed by atoms with Crippen molar-refractivity contribution in [3.05, 3.63) is 63.7 Å². The summed E-state index contributed by atoms with van der Waals surface area (Å²) in [5.41, 5.74) is 3.56. The molecule has 10 heteroatoms. The first-order chi connectivity index (χ1) is 14.0. The highest BCUT2D eigenvalue weighted by molar-refractivity contribution is 8.00. The molecule has 1 aliphatic rings. The van der Waals surface area contributed by atoms with Gasteiger partial charge in [0.1, 0.15) is 0 Å². The van der Waals surface area contributed by atoms with Crippen molar-refractivity contribution in [3.63, 3.8) is 0 Å². The number of nitrogens with zero attached hydrogens (tertiary/aromatic N) is 6. The predicted octanol–water partition coefficient (Wildman–Crippen LogP) is 3.08. The molecule has 1 aliphatic heterocycles. The van der Waals surface area contributed by atoms with Gasteiger partial charge >= 0.3 is 0 Å². The Morgan fingerprint density at radius 2 is 2.00 bits per heavy atom. The summed E-state index contributed by atoms with van der Waals surface area (Å²) in [6, 6.07) is 12.0. The first kappa shape index (κ1) is 19.1. The van der Waals surface area contributed by atoms with Gasteiger partial charge in [-0.1, -0.05) is 30.0 Å². The topological polar surface area (TPSA) is 107 Å². The average molecular weight is 410 g/mol. The van der Waals surface area contributed by atoms with Crippen LogP contribution in [0, 0.1) is 24.0 Å². The van der Waals surface area contributed by atoms with Crippen LogP contribution in [0.15, 0.2) is 47.6 Å². The molecule has 1 aromatic heterocycles. The molecule has 0 radical (unpaired) electrons. The maximum atomic E-state index is 12.9. The van der Waals surface area contributed by atoms with Gasteiger partial charge in [0.15, 0.2) is 0 Å². The Hall–Kier alpha value is -3.27. The van der Waals surface area contributed by atoms with E-state index in [0.29, 0.717) is 23.8 Å². The normalized spacial score (nSPS) is 16.4. The lowest BCUT2D eigenvalue weighted by Gasteiger charge is -2.16. The molecular formula is C19H18N6O3S. The Balaban J connectivity index is 1.56. The largest absolute Gasteiger partial charge is 0.311 e. The molecule has 3 aromatic rings. The molecule has 0 aliphatic carbocycles. The van der Waals surface area contributed by atoms with Gasteiger partial charge in [-0.15, -0.1) is 5.10 Å². The van der Waals surface area contributed by atoms with E-state index in [-0.39, 0.29) is 16.8 Å². The molecule has 1 saturated heterocycles. The molecule has 2 heterocycles. The highest BCUT2D eigenvalue weighted by Crippen LogP contribution is 2.34. The standard InChI is InChI=1S/C19H18N6O3S/c1-12-5-3-8-16(13(12)2)24-19(20-21-22-24)29-17-9-10-23(18(17)26)14-6-4-7-15(11-14)25(27)28/h3-8,11,17H,9-10H2,1-2H3. The van der Waals surface area contributed by atoms with E-state index >= 15 is 0 Å². The van der Waals surface area contributed by atoms with Crippen molar-refractivity contribution >= 4 is 29.0 Å². The molecule has 1 unspecified atom stereocenters. The summed E-state index contributed by atoms with van der Waals surface area (Å²) in [7, 11) is 0. The van der Waals surface area contributed by atoms with E-state index in [4.69, 9.17) is 0 Å². The number of amides is 1. The Labute approximate surface area is 170 Å². The molecule has 4 rings (SSSR count). The van der Waals surface area contributed by atoms with Gasteiger partial charge in [-0.25, -0.2) is 0 Å². The number of carbonyl (C=O) groups is 1. The molecule has 148 valence electrons. The Morgan fingerprint density at radius 3 is 2.79 bits per heavy atom. The first-order valence-electron chi connectivity index (χ1n) is 9.03. The summed E-state index contributed by atoms with van der Waals surface area (Å²) in [5, 5.41) is 23.2. The van der Waals surface area contributed by atoms with Gasteiger partial charge in [-0.2, -0.15) is 4.68 Å². The fourth-order valence-electron chi connectivity index (χ4n) is 3.29. The third-order valence-corrected chi connectivity index (χ3v) is 6.19. The summed E-state index contributed by atoms with van der Waals surface area (Å²) in [6.07, 6.45) is 0.603. The molecule has 0 N–H and O–H groups in total. The summed E-state index contributed by atoms with van der Waals surface area (Å²) < 4.78 is 1.65. The van der Waals surface area contributed by atoms with Crippen LogP contribution in [0.1, 0.15) is 17.5 Å². The summed E-state index contributed by atoms with van der Waals surface area (Å²) in [4.78, 5) is 25.1. The van der Waals surface area contributed by atoms with Crippen molar-refractivity contribution in [2.24, 2.45) is 0 Å². The van der Waals surface area contributed by atoms with Crippen molar-refractivity contribution in [2.45, 2.75) is 30.7 Å². The van der Waals surface area contributed by atoms with Crippen LogP contribution in [0.25, 0.3) is 5.69 Å². The van der Waals surface area contributed by atoms with E-state index in [1.807, 2.05) is 32.0 Å². The van der Waals surface area contributed by atoms with Crippen molar-refractivity contribution in [3.8, 4) is 5.69 Å². The van der Waals surface area contributed by atoms with Crippen LogP contribution in [0.4, 0.5) is 11.4 Å². The van der Waals surface area contributed by atoms with Crippen LogP contribution in [0.3, 0.4) is 0 Å². The highest BCUT2D eigenvalue weighted by atomic mass is 32.2. The maximum absolute atomic E-state index is 12.9. The summed E-state index contributed by atoms with van der Waals surface area (Å²) >= 11 is 1.31. The maximum Gasteiger partial charge on any atom is 0.271 e. The number of tetrazole rings is 1. The quantitative estimate of drug-likeness (QED) is 0.470. The molecule has 1 amide bonds. The molecule has 1 fully saturated rings. The Bertz CT molecular complexity index is 1100. The van der Waals surface area contributed by atoms with Crippen molar-refractivity contribution in [2.75, 3.05) is 11.4 Å². The van der Waals surface area contributed by atoms with Gasteiger partial charge < -0.3 is 4.90 Å². The van der Waals surface area contributed by atoms with Crippen molar-refractivity contribution in [1.82, 2.24) is 20.2 Å². The fraction of sp³-hybridized carbons (Fsp3) is 0.263. The van der Waals surface area contributed by atoms with Crippen LogP contribution in [-0.4, -0.2) is 42.8 Å². The molecule has 29 heavy (non-hydrogen) atoms. The van der Waals surface area contributed by atoms with Gasteiger partial charge in [0, 0.05) is 18.7 Å². The molecule has 2 aromatic carbocycles. The van der Waals surface area contributed by atoms with Crippen LogP contribution in [0.2, 0.25) is 0 Å². The lowest BCUT2D eigenvalue weighted by atomic mass is 10.1. The van der Waals surface area contributed by atoms with Crippen LogP contribution in [0.5, 0.6) is 0 Å². The van der Waals surface area contributed by atoms with Crippen LogP contribution in [-0.2, 0) is 4.79 Å². The SMILES string of the molecule is Cc1cccc(-n2nnnc2SC2CCN(c3cccc([N+](=O)[O-])c3)C2=O)c1C. The smallest absolute Gasteiger partial charge is 0.271 e. The number of nitro benzene ring substituents is 1. The van der Waals surface area contributed by atoms with E-state index in [2.05, 4.69) is 15.5 Å². The monoisotopic (exact) mass is 410 g/mol. The zero-order chi connectivity index (χ0) is 20.5. The zero-order valence-electron chi connectivity index (χ0n) is 15.8. The third kappa shape index (κ3) is 3.58. The second-order valence-corrected chi connectivity index (χ2v) is 7.92. The van der Waals surface area contributed by atoms with Crippen molar-refractivity contribution in [1.29, 1.82) is 0 Å². The summed E-state index contributed by atoms with van der Waals surface area (Å²) in [5.74, 6) is -0.106. The molecule has 1 atom stereocenters. The molecule has 0 saturated carbocycles. The first-order valence-corrected chi connectivity index (χ1v) is 9.91. The van der Waals surface area contributed by atoms with E-state index in [1.54, 1.807) is 21.7 Å². The van der Waals surface area contributed by atoms with Gasteiger partial charge in [0.2, 0.25) is 11.1 Å². The molecular weight excluding hydrogens is 392 g/mol. The third-order valence-electron chi connectivity index (χ3n) is 5.00. The van der Waals surface area contributed by atoms with E-state index in [1.165, 1.54) is 23.9 Å². The van der Waals surface area contributed by atoms with Crippen molar-refractivity contribution < 1.29 is 9.72 Å². The van der Waals surface area contributed by atoms with Gasteiger partial charge in [-0.3, -0.25) is 14.9 Å². The van der Waals surface area contributed by atoms with Gasteiger partial charge in [0.25, 0.3) is 5.69 Å². The van der Waals surface area contributed by atoms with Crippen LogP contribution < -0.4 is 4.90 Å². The Morgan fingerprint density at radius 1 is 1.21 bits per heavy atom. The number of carbonyl (C=O) groups excluding carboxylic acids is 1.